The predicted molar refractivity (Wildman–Crippen MR) is 122 cm³/mol. The molecule has 1 N–H and O–H groups in total. The Hall–Kier alpha value is -2.08. The molecule has 2 heterocycles. The summed E-state index contributed by atoms with van der Waals surface area (Å²) in [5, 5.41) is 6.77. The number of benzene rings is 2. The van der Waals surface area contributed by atoms with Gasteiger partial charge in [0.05, 0.1) is 33.5 Å². The molecule has 0 radical (unpaired) electrons. The van der Waals surface area contributed by atoms with Gasteiger partial charge in [-0.3, -0.25) is 4.79 Å². The summed E-state index contributed by atoms with van der Waals surface area (Å²) in [5.74, 6) is -0.0865. The Bertz CT molecular complexity index is 995. The lowest BCUT2D eigenvalue weighted by Crippen LogP contribution is -2.30. The molecule has 1 fully saturated rings. The van der Waals surface area contributed by atoms with Crippen molar-refractivity contribution >= 4 is 51.8 Å². The van der Waals surface area contributed by atoms with Gasteiger partial charge in [-0.1, -0.05) is 41.4 Å². The van der Waals surface area contributed by atoms with E-state index in [4.69, 9.17) is 23.2 Å². The third-order valence-corrected chi connectivity index (χ3v) is 6.48. The Morgan fingerprint density at radius 1 is 1.03 bits per heavy atom. The molecule has 150 valence electrons. The predicted octanol–water partition coefficient (Wildman–Crippen LogP) is 6.29. The summed E-state index contributed by atoms with van der Waals surface area (Å²) in [4.78, 5) is 19.6. The Labute approximate surface area is 184 Å². The van der Waals surface area contributed by atoms with Crippen LogP contribution in [0.5, 0.6) is 0 Å². The number of anilines is 2. The summed E-state index contributed by atoms with van der Waals surface area (Å²) in [7, 11) is 0. The number of carbonyl (C=O) groups excluding carboxylic acids is 1. The van der Waals surface area contributed by atoms with Gasteiger partial charge in [0.2, 0.25) is 5.91 Å². The first kappa shape index (κ1) is 20.2. The third kappa shape index (κ3) is 4.74. The van der Waals surface area contributed by atoms with Crippen LogP contribution < -0.4 is 10.2 Å². The van der Waals surface area contributed by atoms with Gasteiger partial charge in [0.25, 0.3) is 0 Å². The zero-order valence-electron chi connectivity index (χ0n) is 15.8. The number of aromatic nitrogens is 1. The Balaban J connectivity index is 1.47. The Morgan fingerprint density at radius 3 is 2.52 bits per heavy atom. The lowest BCUT2D eigenvalue weighted by molar-refractivity contribution is -0.115. The van der Waals surface area contributed by atoms with Gasteiger partial charge in [-0.25, -0.2) is 4.98 Å². The number of nitrogens with one attached hydrogen (secondary N) is 1. The van der Waals surface area contributed by atoms with Crippen LogP contribution in [0.1, 0.15) is 25.0 Å². The molecule has 1 aliphatic rings. The molecule has 29 heavy (non-hydrogen) atoms. The summed E-state index contributed by atoms with van der Waals surface area (Å²) < 4.78 is 0. The van der Waals surface area contributed by atoms with Gasteiger partial charge in [0, 0.05) is 24.0 Å². The summed E-state index contributed by atoms with van der Waals surface area (Å²) in [5.41, 5.74) is 3.35. The maximum atomic E-state index is 12.7. The van der Waals surface area contributed by atoms with E-state index in [1.165, 1.54) is 30.6 Å². The normalized spacial score (nSPS) is 14.1. The van der Waals surface area contributed by atoms with Crippen LogP contribution in [0.25, 0.3) is 10.6 Å². The lowest BCUT2D eigenvalue weighted by Gasteiger charge is -2.30. The van der Waals surface area contributed by atoms with E-state index in [0.29, 0.717) is 21.3 Å². The van der Waals surface area contributed by atoms with Crippen LogP contribution in [0, 0.1) is 0 Å². The van der Waals surface area contributed by atoms with E-state index in [2.05, 4.69) is 21.3 Å². The van der Waals surface area contributed by atoms with E-state index in [9.17, 15) is 4.79 Å². The number of nitrogens with zero attached hydrogens (tertiary/aromatic N) is 2. The number of thiazole rings is 1. The van der Waals surface area contributed by atoms with E-state index in [1.54, 1.807) is 18.2 Å². The highest BCUT2D eigenvalue weighted by Gasteiger charge is 2.17. The molecule has 3 aromatic rings. The second-order valence-electron chi connectivity index (χ2n) is 7.03. The minimum absolute atomic E-state index is 0.0865. The molecule has 0 atom stereocenters. The monoisotopic (exact) mass is 445 g/mol. The summed E-state index contributed by atoms with van der Waals surface area (Å²) in [6, 6.07) is 13.4. The van der Waals surface area contributed by atoms with Gasteiger partial charge in [-0.05, 0) is 43.5 Å². The largest absolute Gasteiger partial charge is 0.370 e. The molecule has 0 aliphatic carbocycles. The van der Waals surface area contributed by atoms with Gasteiger partial charge in [-0.2, -0.15) is 0 Å². The number of hydrogen-bond acceptors (Lipinski definition) is 4. The van der Waals surface area contributed by atoms with Crippen molar-refractivity contribution in [2.24, 2.45) is 0 Å². The number of rotatable bonds is 5. The summed E-state index contributed by atoms with van der Waals surface area (Å²) in [6.45, 7) is 2.06. The van der Waals surface area contributed by atoms with Crippen molar-refractivity contribution in [3.05, 3.63) is 63.6 Å². The van der Waals surface area contributed by atoms with Crippen molar-refractivity contribution in [3.63, 3.8) is 0 Å². The molecule has 0 bridgehead atoms. The maximum absolute atomic E-state index is 12.7. The van der Waals surface area contributed by atoms with Crippen LogP contribution in [0.3, 0.4) is 0 Å². The molecular weight excluding hydrogens is 425 g/mol. The molecule has 1 aromatic heterocycles. The molecule has 0 saturated carbocycles. The standard InChI is InChI=1S/C22H21Cl2N3OS/c23-16-7-6-8-17(24)21(16)22-25-15(14-29-22)13-20(28)26-18-9-2-3-10-19(18)27-11-4-1-5-12-27/h2-3,6-10,14H,1,4-5,11-13H2,(H,26,28). The second-order valence-corrected chi connectivity index (χ2v) is 8.70. The number of halogens is 2. The fourth-order valence-electron chi connectivity index (χ4n) is 3.55. The molecule has 0 unspecified atom stereocenters. The number of carbonyl (C=O) groups is 1. The highest BCUT2D eigenvalue weighted by molar-refractivity contribution is 7.13. The van der Waals surface area contributed by atoms with E-state index in [0.717, 1.165) is 29.5 Å². The van der Waals surface area contributed by atoms with Gasteiger partial charge < -0.3 is 10.2 Å². The van der Waals surface area contributed by atoms with Crippen LogP contribution in [0.15, 0.2) is 47.8 Å². The zero-order chi connectivity index (χ0) is 20.2. The van der Waals surface area contributed by atoms with Gasteiger partial charge >= 0.3 is 0 Å². The molecular formula is C22H21Cl2N3OS. The van der Waals surface area contributed by atoms with Crippen LogP contribution in [-0.2, 0) is 11.2 Å². The molecule has 1 aliphatic heterocycles. The van der Waals surface area contributed by atoms with Crippen molar-refractivity contribution in [1.29, 1.82) is 0 Å². The first-order valence-corrected chi connectivity index (χ1v) is 11.3. The van der Waals surface area contributed by atoms with E-state index in [1.807, 2.05) is 23.6 Å². The molecule has 4 nitrogen and oxygen atoms in total. The topological polar surface area (TPSA) is 45.2 Å². The van der Waals surface area contributed by atoms with Crippen molar-refractivity contribution in [2.75, 3.05) is 23.3 Å². The zero-order valence-corrected chi connectivity index (χ0v) is 18.2. The second kappa shape index (κ2) is 9.16. The Morgan fingerprint density at radius 2 is 1.76 bits per heavy atom. The first-order chi connectivity index (χ1) is 14.1. The quantitative estimate of drug-likeness (QED) is 0.501. The van der Waals surface area contributed by atoms with Gasteiger partial charge in [0.1, 0.15) is 5.01 Å². The fraction of sp³-hybridized carbons (Fsp3) is 0.273. The highest BCUT2D eigenvalue weighted by Crippen LogP contribution is 2.36. The van der Waals surface area contributed by atoms with E-state index < -0.39 is 0 Å². The Kier molecular flexibility index (Phi) is 6.38. The molecule has 1 amide bonds. The van der Waals surface area contributed by atoms with Gasteiger partial charge in [0.15, 0.2) is 0 Å². The average molecular weight is 446 g/mol. The first-order valence-electron chi connectivity index (χ1n) is 9.64. The number of hydrogen-bond donors (Lipinski definition) is 1. The number of para-hydroxylation sites is 2. The maximum Gasteiger partial charge on any atom is 0.230 e. The highest BCUT2D eigenvalue weighted by atomic mass is 35.5. The van der Waals surface area contributed by atoms with Crippen molar-refractivity contribution in [3.8, 4) is 10.6 Å². The molecule has 1 saturated heterocycles. The smallest absolute Gasteiger partial charge is 0.230 e. The SMILES string of the molecule is O=C(Cc1csc(-c2c(Cl)cccc2Cl)n1)Nc1ccccc1N1CCCCC1. The van der Waals surface area contributed by atoms with Crippen LogP contribution >= 0.6 is 34.5 Å². The van der Waals surface area contributed by atoms with Crippen molar-refractivity contribution < 1.29 is 4.79 Å². The average Bonchev–Trinajstić information content (AvgIpc) is 3.16. The van der Waals surface area contributed by atoms with Crippen molar-refractivity contribution in [2.45, 2.75) is 25.7 Å². The molecule has 2 aromatic carbocycles. The summed E-state index contributed by atoms with van der Waals surface area (Å²) >= 11 is 14.0. The minimum Gasteiger partial charge on any atom is -0.370 e. The van der Waals surface area contributed by atoms with Crippen molar-refractivity contribution in [1.82, 2.24) is 4.98 Å². The molecule has 4 rings (SSSR count). The minimum atomic E-state index is -0.0865. The lowest BCUT2D eigenvalue weighted by atomic mass is 10.1. The number of amides is 1. The van der Waals surface area contributed by atoms with Gasteiger partial charge in [-0.15, -0.1) is 11.3 Å². The van der Waals surface area contributed by atoms with Crippen LogP contribution in [0.4, 0.5) is 11.4 Å². The molecule has 7 heteroatoms. The molecule has 0 spiro atoms. The van der Waals surface area contributed by atoms with E-state index >= 15 is 0 Å². The fourth-order valence-corrected chi connectivity index (χ4v) is 5.13. The summed E-state index contributed by atoms with van der Waals surface area (Å²) in [6.07, 6.45) is 3.85. The van der Waals surface area contributed by atoms with Crippen LogP contribution in [-0.4, -0.2) is 24.0 Å². The van der Waals surface area contributed by atoms with E-state index in [-0.39, 0.29) is 12.3 Å². The third-order valence-electron chi connectivity index (χ3n) is 4.94. The van der Waals surface area contributed by atoms with Crippen LogP contribution in [0.2, 0.25) is 10.0 Å². The number of piperidine rings is 1.